The zero-order valence-corrected chi connectivity index (χ0v) is 8.32. The maximum Gasteiger partial charge on any atom is 0.387 e. The Morgan fingerprint density at radius 3 is 3.36 bits per heavy atom. The van der Waals surface area contributed by atoms with Crippen LogP contribution in [0.5, 0.6) is 0 Å². The van der Waals surface area contributed by atoms with Gasteiger partial charge in [0.2, 0.25) is 0 Å². The molecule has 14 heavy (non-hydrogen) atoms. The van der Waals surface area contributed by atoms with Crippen molar-refractivity contribution in [2.24, 2.45) is 5.10 Å². The molecule has 6 heteroatoms. The minimum absolute atomic E-state index is 0.123. The molecule has 0 saturated heterocycles. The van der Waals surface area contributed by atoms with Crippen molar-refractivity contribution >= 4 is 13.8 Å². The van der Waals surface area contributed by atoms with Gasteiger partial charge >= 0.3 is 7.48 Å². The Bertz CT molecular complexity index is 312. The fraction of sp³-hybridized carbons (Fsp3) is 0.375. The topological polar surface area (TPSA) is 48.9 Å². The Labute approximate surface area is 83.8 Å². The number of nitrogens with one attached hydrogen (secondary N) is 2. The summed E-state index contributed by atoms with van der Waals surface area (Å²) >= 11 is 0. The molecule has 2 heterocycles. The number of hydrogen-bond acceptors (Lipinski definition) is 5. The number of rotatable bonds is 2. The third kappa shape index (κ3) is 1.32. The average molecular weight is 192 g/mol. The molecular weight excluding hydrogens is 179 g/mol. The van der Waals surface area contributed by atoms with Crippen molar-refractivity contribution in [3.63, 3.8) is 0 Å². The highest BCUT2D eigenvalue weighted by atomic mass is 16.4. The molecule has 0 aromatic heterocycles. The molecule has 2 aliphatic rings. The third-order valence-corrected chi connectivity index (χ3v) is 2.19. The second-order valence-electron chi connectivity index (χ2n) is 3.07. The van der Waals surface area contributed by atoms with Gasteiger partial charge in [0.15, 0.2) is 5.88 Å². The molecule has 0 unspecified atom stereocenters. The lowest BCUT2D eigenvalue weighted by atomic mass is 9.92. The molecular formula is C8H13BN4O. The molecule has 0 bridgehead atoms. The van der Waals surface area contributed by atoms with Crippen LogP contribution >= 0.6 is 0 Å². The van der Waals surface area contributed by atoms with Gasteiger partial charge in [-0.2, -0.15) is 5.10 Å². The van der Waals surface area contributed by atoms with E-state index < -0.39 is 0 Å². The van der Waals surface area contributed by atoms with Gasteiger partial charge in [-0.3, -0.25) is 5.43 Å². The van der Waals surface area contributed by atoms with Crippen LogP contribution in [0.15, 0.2) is 28.8 Å². The lowest BCUT2D eigenvalue weighted by Crippen LogP contribution is -2.47. The second kappa shape index (κ2) is 3.65. The molecule has 0 spiro atoms. The molecule has 0 saturated carbocycles. The zero-order chi connectivity index (χ0) is 9.97. The first-order valence-electron chi connectivity index (χ1n) is 4.61. The third-order valence-electron chi connectivity index (χ3n) is 2.19. The minimum atomic E-state index is 0.123. The first-order chi connectivity index (χ1) is 6.86. The quantitative estimate of drug-likeness (QED) is 0.577. The normalized spacial score (nSPS) is 24.4. The van der Waals surface area contributed by atoms with Crippen molar-refractivity contribution in [3.05, 3.63) is 23.7 Å². The number of allylic oxidation sites excluding steroid dienone is 2. The highest BCUT2D eigenvalue weighted by Crippen LogP contribution is 2.19. The van der Waals surface area contributed by atoms with Crippen molar-refractivity contribution in [3.8, 4) is 0 Å². The predicted molar refractivity (Wildman–Crippen MR) is 56.4 cm³/mol. The summed E-state index contributed by atoms with van der Waals surface area (Å²) in [5.41, 5.74) is 3.97. The van der Waals surface area contributed by atoms with Gasteiger partial charge in [0.1, 0.15) is 18.1 Å². The summed E-state index contributed by atoms with van der Waals surface area (Å²) in [7, 11) is 2.44. The van der Waals surface area contributed by atoms with Gasteiger partial charge in [-0.1, -0.05) is 6.08 Å². The molecule has 0 amide bonds. The molecule has 74 valence electrons. The number of nitrogens with zero attached hydrogens (tertiary/aromatic N) is 2. The number of hydrogen-bond donors (Lipinski definition) is 2. The summed E-state index contributed by atoms with van der Waals surface area (Å²) in [6, 6.07) is 0.123. The first kappa shape index (κ1) is 8.99. The molecule has 2 rings (SSSR count). The lowest BCUT2D eigenvalue weighted by molar-refractivity contribution is 0.309. The van der Waals surface area contributed by atoms with Crippen molar-refractivity contribution in [2.45, 2.75) is 13.0 Å². The van der Waals surface area contributed by atoms with E-state index in [0.717, 1.165) is 11.6 Å². The molecule has 0 aliphatic carbocycles. The maximum absolute atomic E-state index is 5.54. The fourth-order valence-corrected chi connectivity index (χ4v) is 1.55. The van der Waals surface area contributed by atoms with Gasteiger partial charge in [-0.25, -0.2) is 0 Å². The van der Waals surface area contributed by atoms with Crippen LogP contribution in [0, 0.1) is 0 Å². The van der Waals surface area contributed by atoms with Crippen LogP contribution in [0.3, 0.4) is 0 Å². The zero-order valence-electron chi connectivity index (χ0n) is 8.32. The standard InChI is InChI=1S/C8H13BN4O/c1-3-4-6-7(10-2)14-9-8-12-11-5-13(6)8/h3-5,8-10,12H,1-2H3/b4-3-/t8-/m1/s1. The summed E-state index contributed by atoms with van der Waals surface area (Å²) in [6.07, 6.45) is 5.75. The molecule has 2 N–H and O–H groups in total. The SMILES string of the molecule is C/C=C\C1=C(NC)OB[C@@H]2NN=CN12. The Morgan fingerprint density at radius 1 is 1.79 bits per heavy atom. The maximum atomic E-state index is 5.54. The summed E-state index contributed by atoms with van der Waals surface area (Å²) < 4.78 is 5.54. The van der Waals surface area contributed by atoms with Crippen LogP contribution in [0.2, 0.25) is 0 Å². The second-order valence-corrected chi connectivity index (χ2v) is 3.07. The minimum Gasteiger partial charge on any atom is -0.547 e. The monoisotopic (exact) mass is 192 g/mol. The van der Waals surface area contributed by atoms with E-state index in [4.69, 9.17) is 4.65 Å². The largest absolute Gasteiger partial charge is 0.547 e. The van der Waals surface area contributed by atoms with Gasteiger partial charge in [-0.05, 0) is 13.0 Å². The first-order valence-corrected chi connectivity index (χ1v) is 4.61. The van der Waals surface area contributed by atoms with Gasteiger partial charge in [-0.15, -0.1) is 0 Å². The van der Waals surface area contributed by atoms with Crippen molar-refractivity contribution in [1.29, 1.82) is 0 Å². The highest BCUT2D eigenvalue weighted by Gasteiger charge is 2.31. The predicted octanol–water partition coefficient (Wildman–Crippen LogP) is -0.535. The Kier molecular flexibility index (Phi) is 2.34. The lowest BCUT2D eigenvalue weighted by Gasteiger charge is -2.31. The van der Waals surface area contributed by atoms with E-state index in [1.807, 2.05) is 26.1 Å². The van der Waals surface area contributed by atoms with Crippen LogP contribution in [0.25, 0.3) is 0 Å². The molecule has 2 aliphatic heterocycles. The number of hydrazone groups is 1. The van der Waals surface area contributed by atoms with Crippen LogP contribution in [0.4, 0.5) is 0 Å². The fourth-order valence-electron chi connectivity index (χ4n) is 1.55. The summed E-state index contributed by atoms with van der Waals surface area (Å²) in [4.78, 5) is 2.05. The average Bonchev–Trinajstić information content (AvgIpc) is 2.67. The Morgan fingerprint density at radius 2 is 2.64 bits per heavy atom. The summed E-state index contributed by atoms with van der Waals surface area (Å²) in [5.74, 6) is 0.787. The van der Waals surface area contributed by atoms with Gasteiger partial charge < -0.3 is 14.9 Å². The highest BCUT2D eigenvalue weighted by molar-refractivity contribution is 6.31. The van der Waals surface area contributed by atoms with Gasteiger partial charge in [0.25, 0.3) is 0 Å². The molecule has 5 nitrogen and oxygen atoms in total. The summed E-state index contributed by atoms with van der Waals surface area (Å²) in [6.45, 7) is 1.98. The molecule has 0 fully saturated rings. The summed E-state index contributed by atoms with van der Waals surface area (Å²) in [5, 5.41) is 7.03. The van der Waals surface area contributed by atoms with Crippen molar-refractivity contribution in [1.82, 2.24) is 15.6 Å². The van der Waals surface area contributed by atoms with Crippen LogP contribution in [-0.2, 0) is 4.65 Å². The molecule has 0 aromatic carbocycles. The van der Waals surface area contributed by atoms with E-state index in [0.29, 0.717) is 7.48 Å². The van der Waals surface area contributed by atoms with Crippen LogP contribution < -0.4 is 10.7 Å². The van der Waals surface area contributed by atoms with Crippen LogP contribution in [0.1, 0.15) is 6.92 Å². The van der Waals surface area contributed by atoms with E-state index in [-0.39, 0.29) is 6.07 Å². The number of fused-ring (bicyclic) bond motifs is 1. The Balaban J connectivity index is 2.32. The van der Waals surface area contributed by atoms with Gasteiger partial charge in [0, 0.05) is 7.05 Å². The van der Waals surface area contributed by atoms with E-state index in [2.05, 4.69) is 20.7 Å². The molecule has 0 radical (unpaired) electrons. The van der Waals surface area contributed by atoms with E-state index in [1.165, 1.54) is 0 Å². The van der Waals surface area contributed by atoms with E-state index in [1.54, 1.807) is 6.34 Å². The smallest absolute Gasteiger partial charge is 0.387 e. The van der Waals surface area contributed by atoms with Crippen molar-refractivity contribution in [2.75, 3.05) is 7.05 Å². The molecule has 0 aromatic rings. The molecule has 1 atom stereocenters. The van der Waals surface area contributed by atoms with Gasteiger partial charge in [0.05, 0.1) is 0 Å². The van der Waals surface area contributed by atoms with E-state index >= 15 is 0 Å². The van der Waals surface area contributed by atoms with Crippen molar-refractivity contribution < 1.29 is 4.65 Å². The Hall–Kier alpha value is -1.59. The van der Waals surface area contributed by atoms with Crippen LogP contribution in [-0.4, -0.2) is 31.8 Å². The van der Waals surface area contributed by atoms with E-state index in [9.17, 15) is 0 Å².